The molecule has 4 rings (SSSR count). The van der Waals surface area contributed by atoms with Gasteiger partial charge in [-0.25, -0.2) is 8.42 Å². The van der Waals surface area contributed by atoms with Crippen LogP contribution in [-0.4, -0.2) is 33.5 Å². The highest BCUT2D eigenvalue weighted by molar-refractivity contribution is 7.92. The maximum Gasteiger partial charge on any atom is 0.245 e. The van der Waals surface area contributed by atoms with Crippen LogP contribution in [0.15, 0.2) is 35.7 Å². The van der Waals surface area contributed by atoms with Crippen LogP contribution in [0.5, 0.6) is 0 Å². The van der Waals surface area contributed by atoms with Gasteiger partial charge in [0.25, 0.3) is 0 Å². The minimum Gasteiger partial charge on any atom is -0.313 e. The Morgan fingerprint density at radius 1 is 1.24 bits per heavy atom. The Kier molecular flexibility index (Phi) is 6.08. The molecule has 1 saturated heterocycles. The molecule has 0 spiro atoms. The molecule has 2 N–H and O–H groups in total. The van der Waals surface area contributed by atoms with Crippen molar-refractivity contribution in [1.29, 1.82) is 0 Å². The summed E-state index contributed by atoms with van der Waals surface area (Å²) < 4.78 is 27.9. The molecule has 2 aliphatic rings. The van der Waals surface area contributed by atoms with Gasteiger partial charge in [0.2, 0.25) is 15.9 Å². The van der Waals surface area contributed by atoms with Crippen LogP contribution in [-0.2, 0) is 27.8 Å². The third-order valence-corrected chi connectivity index (χ3v) is 7.44. The molecule has 1 aromatic carbocycles. The Balaban J connectivity index is 1.45. The van der Waals surface area contributed by atoms with E-state index in [0.717, 1.165) is 41.9 Å². The predicted octanol–water partition coefficient (Wildman–Crippen LogP) is 3.13. The van der Waals surface area contributed by atoms with Crippen molar-refractivity contribution in [3.8, 4) is 0 Å². The number of fused-ring (bicyclic) bond motifs is 1. The maximum atomic E-state index is 12.8. The predicted molar refractivity (Wildman–Crippen MR) is 118 cm³/mol. The Morgan fingerprint density at radius 2 is 2.10 bits per heavy atom. The second-order valence-corrected chi connectivity index (χ2v) is 10.5. The summed E-state index contributed by atoms with van der Waals surface area (Å²) >= 11 is 7.15. The van der Waals surface area contributed by atoms with Crippen LogP contribution in [0.25, 0.3) is 6.08 Å². The number of nitrogens with one attached hydrogen (secondary N) is 2. The van der Waals surface area contributed by atoms with Crippen LogP contribution < -0.4 is 14.9 Å². The number of sulfonamides is 1. The highest BCUT2D eigenvalue weighted by Gasteiger charge is 2.35. The van der Waals surface area contributed by atoms with E-state index in [0.29, 0.717) is 17.3 Å². The second kappa shape index (κ2) is 8.57. The minimum atomic E-state index is -3.74. The van der Waals surface area contributed by atoms with Crippen molar-refractivity contribution in [3.05, 3.63) is 56.1 Å². The zero-order valence-electron chi connectivity index (χ0n) is 15.7. The Labute approximate surface area is 179 Å². The smallest absolute Gasteiger partial charge is 0.245 e. The van der Waals surface area contributed by atoms with Gasteiger partial charge in [-0.3, -0.25) is 4.79 Å². The number of halogens is 1. The van der Waals surface area contributed by atoms with E-state index >= 15 is 0 Å². The SMILES string of the molecule is O=C1[C@@H](NS(=O)(=O)/C=C/c2ccc(Cl)s2)CCN1c1ccc2c(c1)CNCCC2. The van der Waals surface area contributed by atoms with E-state index in [9.17, 15) is 13.2 Å². The maximum absolute atomic E-state index is 12.8. The fourth-order valence-corrected chi connectivity index (χ4v) is 5.74. The van der Waals surface area contributed by atoms with Crippen LogP contribution in [0.4, 0.5) is 5.69 Å². The molecule has 3 heterocycles. The van der Waals surface area contributed by atoms with Gasteiger partial charge in [0.05, 0.1) is 4.34 Å². The first-order chi connectivity index (χ1) is 13.9. The standard InChI is InChI=1S/C20H22ClN3O3S2/c21-19-6-5-17(28-19)8-11-29(26,27)23-18-7-10-24(20(18)25)16-4-3-14-2-1-9-22-13-15(14)12-16/h3-6,8,11-12,18,22-23H,1-2,7,9-10,13H2/b11-8+/t18-/m0/s1. The Morgan fingerprint density at radius 3 is 2.90 bits per heavy atom. The summed E-state index contributed by atoms with van der Waals surface area (Å²) in [5.41, 5.74) is 3.33. The second-order valence-electron chi connectivity index (χ2n) is 7.17. The molecule has 1 atom stereocenters. The van der Waals surface area contributed by atoms with Gasteiger partial charge in [-0.1, -0.05) is 17.7 Å². The van der Waals surface area contributed by atoms with Crippen molar-refractivity contribution in [3.63, 3.8) is 0 Å². The first-order valence-corrected chi connectivity index (χ1v) is 12.2. The number of thiophene rings is 1. The average Bonchev–Trinajstić information content (AvgIpc) is 3.17. The number of hydrogen-bond acceptors (Lipinski definition) is 5. The molecule has 9 heteroatoms. The van der Waals surface area contributed by atoms with Crippen molar-refractivity contribution in [2.45, 2.75) is 31.8 Å². The van der Waals surface area contributed by atoms with Gasteiger partial charge >= 0.3 is 0 Å². The lowest BCUT2D eigenvalue weighted by Crippen LogP contribution is -2.40. The third-order valence-electron chi connectivity index (χ3n) is 5.13. The van der Waals surface area contributed by atoms with E-state index in [1.165, 1.54) is 28.5 Å². The molecule has 1 amide bonds. The number of amides is 1. The lowest BCUT2D eigenvalue weighted by Gasteiger charge is -2.19. The molecule has 0 saturated carbocycles. The number of anilines is 1. The monoisotopic (exact) mass is 451 g/mol. The molecular formula is C20H22ClN3O3S2. The molecule has 6 nitrogen and oxygen atoms in total. The molecule has 0 radical (unpaired) electrons. The third kappa shape index (κ3) is 4.90. The van der Waals surface area contributed by atoms with E-state index in [1.54, 1.807) is 17.0 Å². The largest absolute Gasteiger partial charge is 0.313 e. The van der Waals surface area contributed by atoms with E-state index < -0.39 is 16.1 Å². The summed E-state index contributed by atoms with van der Waals surface area (Å²) in [5, 5.41) is 4.47. The summed E-state index contributed by atoms with van der Waals surface area (Å²) in [6.07, 6.45) is 4.05. The lowest BCUT2D eigenvalue weighted by atomic mass is 10.0. The highest BCUT2D eigenvalue weighted by atomic mass is 35.5. The summed E-state index contributed by atoms with van der Waals surface area (Å²) in [6.45, 7) is 2.27. The summed E-state index contributed by atoms with van der Waals surface area (Å²) in [5.74, 6) is -0.220. The first kappa shape index (κ1) is 20.6. The van der Waals surface area contributed by atoms with Gasteiger partial charge in [0.15, 0.2) is 0 Å². The van der Waals surface area contributed by atoms with Crippen molar-refractivity contribution < 1.29 is 13.2 Å². The van der Waals surface area contributed by atoms with Crippen LogP contribution in [0.1, 0.15) is 28.8 Å². The number of benzene rings is 1. The van der Waals surface area contributed by atoms with Gasteiger partial charge < -0.3 is 10.2 Å². The van der Waals surface area contributed by atoms with Crippen LogP contribution in [0, 0.1) is 0 Å². The molecule has 1 aromatic heterocycles. The number of nitrogens with zero attached hydrogens (tertiary/aromatic N) is 1. The fraction of sp³-hybridized carbons (Fsp3) is 0.350. The van der Waals surface area contributed by atoms with Crippen LogP contribution in [0.3, 0.4) is 0 Å². The molecule has 2 aromatic rings. The number of carbonyl (C=O) groups excluding carboxylic acids is 1. The van der Waals surface area contributed by atoms with E-state index in [4.69, 9.17) is 11.6 Å². The van der Waals surface area contributed by atoms with Crippen molar-refractivity contribution in [2.75, 3.05) is 18.0 Å². The van der Waals surface area contributed by atoms with Gasteiger partial charge in [-0.05, 0) is 67.3 Å². The first-order valence-electron chi connectivity index (χ1n) is 9.51. The normalized spacial score (nSPS) is 20.2. The van der Waals surface area contributed by atoms with E-state index in [1.807, 2.05) is 12.1 Å². The summed E-state index contributed by atoms with van der Waals surface area (Å²) in [7, 11) is -3.74. The molecular weight excluding hydrogens is 430 g/mol. The summed E-state index contributed by atoms with van der Waals surface area (Å²) in [6, 6.07) is 8.78. The molecule has 2 aliphatic heterocycles. The molecule has 0 unspecified atom stereocenters. The van der Waals surface area contributed by atoms with Crippen LogP contribution >= 0.6 is 22.9 Å². The minimum absolute atomic E-state index is 0.220. The van der Waals surface area contributed by atoms with Gasteiger partial charge in [-0.2, -0.15) is 4.72 Å². The van der Waals surface area contributed by atoms with Gasteiger partial charge in [0.1, 0.15) is 6.04 Å². The Hall–Kier alpha value is -1.71. The van der Waals surface area contributed by atoms with Gasteiger partial charge in [0, 0.05) is 29.1 Å². The number of rotatable bonds is 5. The average molecular weight is 452 g/mol. The Bertz CT molecular complexity index is 1050. The zero-order valence-corrected chi connectivity index (χ0v) is 18.1. The van der Waals surface area contributed by atoms with E-state index in [-0.39, 0.29) is 5.91 Å². The summed E-state index contributed by atoms with van der Waals surface area (Å²) in [4.78, 5) is 15.2. The van der Waals surface area contributed by atoms with Gasteiger partial charge in [-0.15, -0.1) is 11.3 Å². The molecule has 1 fully saturated rings. The van der Waals surface area contributed by atoms with Crippen molar-refractivity contribution in [2.24, 2.45) is 0 Å². The topological polar surface area (TPSA) is 78.5 Å². The van der Waals surface area contributed by atoms with Crippen molar-refractivity contribution in [1.82, 2.24) is 10.0 Å². The lowest BCUT2D eigenvalue weighted by molar-refractivity contribution is -0.118. The zero-order chi connectivity index (χ0) is 20.4. The number of hydrogen-bond donors (Lipinski definition) is 2. The van der Waals surface area contributed by atoms with Crippen LogP contribution in [0.2, 0.25) is 4.34 Å². The molecule has 29 heavy (non-hydrogen) atoms. The highest BCUT2D eigenvalue weighted by Crippen LogP contribution is 2.27. The van der Waals surface area contributed by atoms with E-state index in [2.05, 4.69) is 16.1 Å². The van der Waals surface area contributed by atoms with Crippen molar-refractivity contribution >= 4 is 50.6 Å². The molecule has 0 aliphatic carbocycles. The number of carbonyl (C=O) groups is 1. The number of aryl methyl sites for hydroxylation is 1. The molecule has 154 valence electrons. The molecule has 0 bridgehead atoms. The quantitative estimate of drug-likeness (QED) is 0.732. The fourth-order valence-electron chi connectivity index (χ4n) is 3.67.